The predicted molar refractivity (Wildman–Crippen MR) is 115 cm³/mol. The summed E-state index contributed by atoms with van der Waals surface area (Å²) in [5, 5.41) is 7.56. The van der Waals surface area contributed by atoms with Gasteiger partial charge in [-0.25, -0.2) is 0 Å². The van der Waals surface area contributed by atoms with Gasteiger partial charge in [0.15, 0.2) is 5.82 Å². The van der Waals surface area contributed by atoms with Crippen molar-refractivity contribution < 1.29 is 9.26 Å². The van der Waals surface area contributed by atoms with Crippen molar-refractivity contribution in [2.75, 3.05) is 19.0 Å². The Bertz CT molecular complexity index is 522. The average molecular weight is 379 g/mol. The van der Waals surface area contributed by atoms with Crippen molar-refractivity contribution in [3.8, 4) is 0 Å². The SMILES string of the molecule is C=C(OC)C(c1cc(NCCCCC(CCCC)CC(C)C)no1)C(C)C. The zero-order valence-electron chi connectivity index (χ0n) is 18.5. The van der Waals surface area contributed by atoms with E-state index in [0.717, 1.165) is 35.7 Å². The summed E-state index contributed by atoms with van der Waals surface area (Å²) in [7, 11) is 1.65. The standard InChI is InChI=1S/C23H42N2O2/c1-8-9-12-20(15-17(2)3)13-10-11-14-24-22-16-21(27-25-22)23(18(4)5)19(6)26-7/h16-18,20,23H,6,8-15H2,1-5,7H3,(H,24,25). The molecule has 2 atom stereocenters. The summed E-state index contributed by atoms with van der Waals surface area (Å²) < 4.78 is 10.9. The number of allylic oxidation sites excluding steroid dienone is 1. The molecule has 1 aromatic heterocycles. The molecule has 2 unspecified atom stereocenters. The molecule has 1 aromatic rings. The Morgan fingerprint density at radius 3 is 2.48 bits per heavy atom. The number of hydrogen-bond donors (Lipinski definition) is 1. The van der Waals surface area contributed by atoms with Crippen LogP contribution in [-0.2, 0) is 4.74 Å². The van der Waals surface area contributed by atoms with Crippen LogP contribution in [-0.4, -0.2) is 18.8 Å². The zero-order valence-corrected chi connectivity index (χ0v) is 18.5. The van der Waals surface area contributed by atoms with E-state index in [0.29, 0.717) is 5.92 Å². The van der Waals surface area contributed by atoms with Gasteiger partial charge < -0.3 is 14.6 Å². The first kappa shape index (κ1) is 23.6. The molecule has 4 heteroatoms. The third-order valence-corrected chi connectivity index (χ3v) is 5.23. The molecule has 0 aliphatic heterocycles. The van der Waals surface area contributed by atoms with Gasteiger partial charge in [-0.1, -0.05) is 78.5 Å². The van der Waals surface area contributed by atoms with Crippen LogP contribution in [0.5, 0.6) is 0 Å². The first-order valence-electron chi connectivity index (χ1n) is 10.8. The lowest BCUT2D eigenvalue weighted by Gasteiger charge is -2.19. The smallest absolute Gasteiger partial charge is 0.169 e. The van der Waals surface area contributed by atoms with Crippen LogP contribution in [0.4, 0.5) is 5.82 Å². The van der Waals surface area contributed by atoms with Crippen molar-refractivity contribution in [1.29, 1.82) is 0 Å². The summed E-state index contributed by atoms with van der Waals surface area (Å²) in [5.41, 5.74) is 0. The van der Waals surface area contributed by atoms with E-state index in [-0.39, 0.29) is 5.92 Å². The van der Waals surface area contributed by atoms with Gasteiger partial charge in [0.05, 0.1) is 18.8 Å². The molecule has 0 spiro atoms. The number of anilines is 1. The lowest BCUT2D eigenvalue weighted by Crippen LogP contribution is -2.09. The predicted octanol–water partition coefficient (Wildman–Crippen LogP) is 7.01. The molecule has 0 aromatic carbocycles. The molecular weight excluding hydrogens is 336 g/mol. The maximum Gasteiger partial charge on any atom is 0.169 e. The van der Waals surface area contributed by atoms with Gasteiger partial charge >= 0.3 is 0 Å². The highest BCUT2D eigenvalue weighted by molar-refractivity contribution is 5.36. The molecule has 1 rings (SSSR count). The van der Waals surface area contributed by atoms with Gasteiger partial charge in [-0.3, -0.25) is 0 Å². The maximum atomic E-state index is 5.54. The molecule has 0 saturated carbocycles. The second-order valence-electron chi connectivity index (χ2n) is 8.57. The van der Waals surface area contributed by atoms with Gasteiger partial charge in [0.2, 0.25) is 0 Å². The molecule has 0 fully saturated rings. The molecule has 0 aliphatic rings. The first-order chi connectivity index (χ1) is 12.9. The number of nitrogens with one attached hydrogen (secondary N) is 1. The highest BCUT2D eigenvalue weighted by Gasteiger charge is 2.24. The van der Waals surface area contributed by atoms with Crippen molar-refractivity contribution in [2.24, 2.45) is 17.8 Å². The van der Waals surface area contributed by atoms with Crippen LogP contribution in [0.25, 0.3) is 0 Å². The first-order valence-corrected chi connectivity index (χ1v) is 10.8. The van der Waals surface area contributed by atoms with Crippen LogP contribution in [0.2, 0.25) is 0 Å². The van der Waals surface area contributed by atoms with Gasteiger partial charge in [-0.15, -0.1) is 0 Å². The fourth-order valence-electron chi connectivity index (χ4n) is 3.82. The molecule has 0 bridgehead atoms. The van der Waals surface area contributed by atoms with Gasteiger partial charge in [0, 0.05) is 12.6 Å². The zero-order chi connectivity index (χ0) is 20.2. The monoisotopic (exact) mass is 378 g/mol. The Labute approximate surface area is 167 Å². The van der Waals surface area contributed by atoms with Gasteiger partial charge in [-0.05, 0) is 30.6 Å². The van der Waals surface area contributed by atoms with Crippen molar-refractivity contribution in [2.45, 2.75) is 85.5 Å². The van der Waals surface area contributed by atoms with Crippen molar-refractivity contribution in [1.82, 2.24) is 5.16 Å². The normalized spacial score (nSPS) is 13.8. The molecule has 1 heterocycles. The second-order valence-corrected chi connectivity index (χ2v) is 8.57. The molecular formula is C23H42N2O2. The Hall–Kier alpha value is -1.45. The van der Waals surface area contributed by atoms with E-state index in [4.69, 9.17) is 9.26 Å². The highest BCUT2D eigenvalue weighted by Crippen LogP contribution is 2.32. The molecule has 0 radical (unpaired) electrons. The van der Waals surface area contributed by atoms with Crippen LogP contribution in [0.15, 0.2) is 22.9 Å². The molecule has 156 valence electrons. The molecule has 27 heavy (non-hydrogen) atoms. The van der Waals surface area contributed by atoms with E-state index in [1.54, 1.807) is 7.11 Å². The maximum absolute atomic E-state index is 5.54. The Kier molecular flexibility index (Phi) is 11.2. The van der Waals surface area contributed by atoms with Gasteiger partial charge in [-0.2, -0.15) is 0 Å². The number of rotatable bonds is 15. The summed E-state index contributed by atoms with van der Waals surface area (Å²) in [6.07, 6.45) is 9.19. The lowest BCUT2D eigenvalue weighted by molar-refractivity contribution is 0.227. The highest BCUT2D eigenvalue weighted by atomic mass is 16.5. The summed E-state index contributed by atoms with van der Waals surface area (Å²) >= 11 is 0. The molecule has 0 amide bonds. The quantitative estimate of drug-likeness (QED) is 0.263. The van der Waals surface area contributed by atoms with E-state index in [9.17, 15) is 0 Å². The number of unbranched alkanes of at least 4 members (excludes halogenated alkanes) is 2. The minimum absolute atomic E-state index is 0.0356. The second kappa shape index (κ2) is 12.9. The molecule has 1 N–H and O–H groups in total. The third kappa shape index (κ3) is 8.85. The van der Waals surface area contributed by atoms with E-state index in [2.05, 4.69) is 51.7 Å². The van der Waals surface area contributed by atoms with Crippen LogP contribution < -0.4 is 5.32 Å². The van der Waals surface area contributed by atoms with E-state index < -0.39 is 0 Å². The summed E-state index contributed by atoms with van der Waals surface area (Å²) in [6.45, 7) is 16.2. The Balaban J connectivity index is 2.40. The summed E-state index contributed by atoms with van der Waals surface area (Å²) in [5.74, 6) is 4.41. The number of aromatic nitrogens is 1. The fraction of sp³-hybridized carbons (Fsp3) is 0.783. The van der Waals surface area contributed by atoms with Crippen molar-refractivity contribution in [3.63, 3.8) is 0 Å². The summed E-state index contributed by atoms with van der Waals surface area (Å²) in [4.78, 5) is 0. The number of nitrogens with zero attached hydrogens (tertiary/aromatic N) is 1. The third-order valence-electron chi connectivity index (χ3n) is 5.23. The van der Waals surface area contributed by atoms with Crippen molar-refractivity contribution >= 4 is 5.82 Å². The fourth-order valence-corrected chi connectivity index (χ4v) is 3.82. The van der Waals surface area contributed by atoms with Crippen LogP contribution in [0, 0.1) is 17.8 Å². The minimum atomic E-state index is 0.0356. The molecule has 0 aliphatic carbocycles. The number of hydrogen-bond acceptors (Lipinski definition) is 4. The van der Waals surface area contributed by atoms with Crippen LogP contribution in [0.1, 0.15) is 91.2 Å². The van der Waals surface area contributed by atoms with E-state index in [1.165, 1.54) is 44.9 Å². The average Bonchev–Trinajstić information content (AvgIpc) is 3.06. The topological polar surface area (TPSA) is 47.3 Å². The number of methoxy groups -OCH3 is 1. The largest absolute Gasteiger partial charge is 0.501 e. The van der Waals surface area contributed by atoms with Gasteiger partial charge in [0.1, 0.15) is 5.76 Å². The van der Waals surface area contributed by atoms with Crippen molar-refractivity contribution in [3.05, 3.63) is 24.2 Å². The minimum Gasteiger partial charge on any atom is -0.501 e. The summed E-state index contributed by atoms with van der Waals surface area (Å²) in [6, 6.07) is 1.98. The van der Waals surface area contributed by atoms with Crippen LogP contribution >= 0.6 is 0 Å². The molecule has 4 nitrogen and oxygen atoms in total. The number of ether oxygens (including phenoxy) is 1. The van der Waals surface area contributed by atoms with E-state index in [1.807, 2.05) is 6.07 Å². The van der Waals surface area contributed by atoms with Crippen LogP contribution in [0.3, 0.4) is 0 Å². The van der Waals surface area contributed by atoms with Gasteiger partial charge in [0.25, 0.3) is 0 Å². The Morgan fingerprint density at radius 2 is 1.89 bits per heavy atom. The Morgan fingerprint density at radius 1 is 1.19 bits per heavy atom. The van der Waals surface area contributed by atoms with E-state index >= 15 is 0 Å². The lowest BCUT2D eigenvalue weighted by atomic mass is 9.88. The molecule has 0 saturated heterocycles.